The maximum atomic E-state index is 11.9. The summed E-state index contributed by atoms with van der Waals surface area (Å²) in [5.74, 6) is 0.146. The first-order chi connectivity index (χ1) is 8.75. The molecule has 18 heavy (non-hydrogen) atoms. The predicted molar refractivity (Wildman–Crippen MR) is 70.1 cm³/mol. The normalized spacial score (nSPS) is 23.8. The molecule has 0 saturated carbocycles. The lowest BCUT2D eigenvalue weighted by Crippen LogP contribution is -2.50. The maximum Gasteiger partial charge on any atom is 0.237 e. The summed E-state index contributed by atoms with van der Waals surface area (Å²) in [6, 6.07) is 0.461. The standard InChI is InChI=1S/C13H22N4O/c1-11-4-2-5-12(16-11)13(18)15-6-3-8-17-9-7-14-10-17/h7,9-12,16H,2-6,8H2,1H3,(H,15,18). The Hall–Kier alpha value is -1.36. The van der Waals surface area contributed by atoms with Crippen molar-refractivity contribution in [1.82, 2.24) is 20.2 Å². The molecule has 5 nitrogen and oxygen atoms in total. The highest BCUT2D eigenvalue weighted by Gasteiger charge is 2.23. The van der Waals surface area contributed by atoms with Gasteiger partial charge in [-0.2, -0.15) is 0 Å². The number of amides is 1. The third-order valence-electron chi connectivity index (χ3n) is 3.38. The Bertz CT molecular complexity index is 363. The smallest absolute Gasteiger partial charge is 0.237 e. The highest BCUT2D eigenvalue weighted by molar-refractivity contribution is 5.81. The van der Waals surface area contributed by atoms with Crippen LogP contribution in [0.5, 0.6) is 0 Å². The Morgan fingerprint density at radius 2 is 2.44 bits per heavy atom. The zero-order valence-electron chi connectivity index (χ0n) is 10.9. The van der Waals surface area contributed by atoms with E-state index >= 15 is 0 Å². The molecule has 2 unspecified atom stereocenters. The van der Waals surface area contributed by atoms with Gasteiger partial charge in [0.15, 0.2) is 0 Å². The molecule has 5 heteroatoms. The van der Waals surface area contributed by atoms with Crippen LogP contribution < -0.4 is 10.6 Å². The van der Waals surface area contributed by atoms with E-state index in [4.69, 9.17) is 0 Å². The fraction of sp³-hybridized carbons (Fsp3) is 0.692. The van der Waals surface area contributed by atoms with Crippen molar-refractivity contribution < 1.29 is 4.79 Å². The molecule has 0 aromatic carbocycles. The lowest BCUT2D eigenvalue weighted by atomic mass is 9.99. The lowest BCUT2D eigenvalue weighted by Gasteiger charge is -2.27. The van der Waals surface area contributed by atoms with E-state index in [1.807, 2.05) is 10.8 Å². The topological polar surface area (TPSA) is 59.0 Å². The van der Waals surface area contributed by atoms with Crippen molar-refractivity contribution in [3.05, 3.63) is 18.7 Å². The third-order valence-corrected chi connectivity index (χ3v) is 3.38. The van der Waals surface area contributed by atoms with Gasteiger partial charge >= 0.3 is 0 Å². The minimum absolute atomic E-state index is 0.00185. The van der Waals surface area contributed by atoms with Crippen LogP contribution in [-0.4, -0.2) is 34.1 Å². The van der Waals surface area contributed by atoms with Crippen molar-refractivity contribution in [1.29, 1.82) is 0 Å². The molecule has 1 fully saturated rings. The molecule has 0 bridgehead atoms. The number of carbonyl (C=O) groups is 1. The molecule has 2 N–H and O–H groups in total. The summed E-state index contributed by atoms with van der Waals surface area (Å²) in [6.07, 6.45) is 9.71. The van der Waals surface area contributed by atoms with Crippen molar-refractivity contribution >= 4 is 5.91 Å². The number of rotatable bonds is 5. The molecule has 1 amide bonds. The quantitative estimate of drug-likeness (QED) is 0.764. The summed E-state index contributed by atoms with van der Waals surface area (Å²) in [7, 11) is 0. The largest absolute Gasteiger partial charge is 0.355 e. The second-order valence-electron chi connectivity index (χ2n) is 5.00. The van der Waals surface area contributed by atoms with E-state index in [0.29, 0.717) is 6.04 Å². The van der Waals surface area contributed by atoms with Crippen LogP contribution in [0, 0.1) is 0 Å². The summed E-state index contributed by atoms with van der Waals surface area (Å²) >= 11 is 0. The Morgan fingerprint density at radius 1 is 1.56 bits per heavy atom. The van der Waals surface area contributed by atoms with Crippen molar-refractivity contribution in [2.45, 2.75) is 51.2 Å². The molecule has 0 aliphatic carbocycles. The van der Waals surface area contributed by atoms with Crippen molar-refractivity contribution in [3.8, 4) is 0 Å². The number of nitrogens with one attached hydrogen (secondary N) is 2. The Balaban J connectivity index is 1.62. The second-order valence-corrected chi connectivity index (χ2v) is 5.00. The van der Waals surface area contributed by atoms with Gasteiger partial charge in [0, 0.05) is 31.5 Å². The van der Waals surface area contributed by atoms with Gasteiger partial charge in [-0.15, -0.1) is 0 Å². The number of hydrogen-bond acceptors (Lipinski definition) is 3. The highest BCUT2D eigenvalue weighted by Crippen LogP contribution is 2.12. The van der Waals surface area contributed by atoms with Crippen LogP contribution in [0.15, 0.2) is 18.7 Å². The fourth-order valence-corrected chi connectivity index (χ4v) is 2.36. The van der Waals surface area contributed by atoms with E-state index in [2.05, 4.69) is 22.5 Å². The van der Waals surface area contributed by atoms with Gasteiger partial charge in [0.05, 0.1) is 12.4 Å². The van der Waals surface area contributed by atoms with Gasteiger partial charge in [0.2, 0.25) is 5.91 Å². The Labute approximate surface area is 108 Å². The molecule has 100 valence electrons. The summed E-state index contributed by atoms with van der Waals surface area (Å²) < 4.78 is 2.02. The molecule has 2 atom stereocenters. The van der Waals surface area contributed by atoms with Crippen LogP contribution in [0.3, 0.4) is 0 Å². The molecule has 1 saturated heterocycles. The number of imidazole rings is 1. The van der Waals surface area contributed by atoms with E-state index in [0.717, 1.165) is 32.4 Å². The van der Waals surface area contributed by atoms with Crippen molar-refractivity contribution in [3.63, 3.8) is 0 Å². The number of aromatic nitrogens is 2. The molecule has 0 spiro atoms. The average molecular weight is 250 g/mol. The monoisotopic (exact) mass is 250 g/mol. The van der Waals surface area contributed by atoms with Gasteiger partial charge in [-0.3, -0.25) is 4.79 Å². The van der Waals surface area contributed by atoms with Gasteiger partial charge in [-0.25, -0.2) is 4.98 Å². The molecule has 2 rings (SSSR count). The van der Waals surface area contributed by atoms with Gasteiger partial charge in [0.25, 0.3) is 0 Å². The zero-order chi connectivity index (χ0) is 12.8. The molecule has 1 aromatic heterocycles. The van der Waals surface area contributed by atoms with E-state index in [1.54, 1.807) is 12.5 Å². The van der Waals surface area contributed by atoms with Gasteiger partial charge in [0.1, 0.15) is 0 Å². The summed E-state index contributed by atoms with van der Waals surface area (Å²) in [6.45, 7) is 3.76. The van der Waals surface area contributed by atoms with Crippen LogP contribution in [-0.2, 0) is 11.3 Å². The van der Waals surface area contributed by atoms with Crippen LogP contribution in [0.25, 0.3) is 0 Å². The van der Waals surface area contributed by atoms with Gasteiger partial charge < -0.3 is 15.2 Å². The molecule has 2 heterocycles. The zero-order valence-corrected chi connectivity index (χ0v) is 10.9. The van der Waals surface area contributed by atoms with E-state index < -0.39 is 0 Å². The average Bonchev–Trinajstić information content (AvgIpc) is 2.87. The van der Waals surface area contributed by atoms with Crippen LogP contribution >= 0.6 is 0 Å². The number of carbonyl (C=O) groups excluding carboxylic acids is 1. The van der Waals surface area contributed by atoms with E-state index in [1.165, 1.54) is 6.42 Å². The van der Waals surface area contributed by atoms with E-state index in [-0.39, 0.29) is 11.9 Å². The third kappa shape index (κ3) is 3.84. The van der Waals surface area contributed by atoms with Gasteiger partial charge in [-0.05, 0) is 32.6 Å². The molecule has 1 aromatic rings. The predicted octanol–water partition coefficient (Wildman–Crippen LogP) is 0.920. The molecular weight excluding hydrogens is 228 g/mol. The number of aryl methyl sites for hydroxylation is 1. The van der Waals surface area contributed by atoms with Crippen LogP contribution in [0.4, 0.5) is 0 Å². The number of hydrogen-bond donors (Lipinski definition) is 2. The second kappa shape index (κ2) is 6.54. The summed E-state index contributed by atoms with van der Waals surface area (Å²) in [4.78, 5) is 15.9. The Morgan fingerprint density at radius 3 is 3.17 bits per heavy atom. The number of nitrogens with zero attached hydrogens (tertiary/aromatic N) is 2. The van der Waals surface area contributed by atoms with Crippen LogP contribution in [0.2, 0.25) is 0 Å². The highest BCUT2D eigenvalue weighted by atomic mass is 16.2. The first-order valence-electron chi connectivity index (χ1n) is 6.75. The summed E-state index contributed by atoms with van der Waals surface area (Å²) in [5.41, 5.74) is 0. The lowest BCUT2D eigenvalue weighted by molar-refractivity contribution is -0.123. The van der Waals surface area contributed by atoms with Crippen molar-refractivity contribution in [2.75, 3.05) is 6.54 Å². The minimum atomic E-state index is 0.00185. The van der Waals surface area contributed by atoms with E-state index in [9.17, 15) is 4.79 Å². The number of piperidine rings is 1. The fourth-order valence-electron chi connectivity index (χ4n) is 2.36. The van der Waals surface area contributed by atoms with Gasteiger partial charge in [-0.1, -0.05) is 0 Å². The first-order valence-corrected chi connectivity index (χ1v) is 6.75. The SMILES string of the molecule is CC1CCCC(C(=O)NCCCn2ccnc2)N1. The van der Waals surface area contributed by atoms with Crippen molar-refractivity contribution in [2.24, 2.45) is 0 Å². The first kappa shape index (κ1) is 13.1. The molecule has 1 aliphatic heterocycles. The Kier molecular flexibility index (Phi) is 4.75. The molecular formula is C13H22N4O. The minimum Gasteiger partial charge on any atom is -0.355 e. The molecule has 1 aliphatic rings. The maximum absolute atomic E-state index is 11.9. The van der Waals surface area contributed by atoms with Crippen LogP contribution in [0.1, 0.15) is 32.6 Å². The molecule has 0 radical (unpaired) electrons. The summed E-state index contributed by atoms with van der Waals surface area (Å²) in [5, 5.41) is 6.34.